The lowest BCUT2D eigenvalue weighted by Crippen LogP contribution is -2.40. The molecule has 1 aromatic carbocycles. The Bertz CT molecular complexity index is 839. The molecule has 1 unspecified atom stereocenters. The van der Waals surface area contributed by atoms with Gasteiger partial charge in [0.25, 0.3) is 5.91 Å². The second-order valence-electron chi connectivity index (χ2n) is 9.28. The van der Waals surface area contributed by atoms with Gasteiger partial charge in [-0.1, -0.05) is 26.8 Å². The number of likely N-dealkylation sites (tertiary alicyclic amines) is 1. The SMILES string of the molecule is Cc1ccc(S(=O)(=O)N2CCOCC2)cc1C(=O)N1CCCC(C(C)(C)C)CC1. The number of benzene rings is 1. The third kappa shape index (κ3) is 5.01. The van der Waals surface area contributed by atoms with Gasteiger partial charge in [-0.25, -0.2) is 8.42 Å². The quantitative estimate of drug-likeness (QED) is 0.750. The summed E-state index contributed by atoms with van der Waals surface area (Å²) in [6, 6.07) is 4.92. The van der Waals surface area contributed by atoms with E-state index >= 15 is 0 Å². The number of aryl methyl sites for hydroxylation is 1. The molecule has 7 heteroatoms. The number of rotatable bonds is 3. The van der Waals surface area contributed by atoms with Gasteiger partial charge in [-0.3, -0.25) is 4.79 Å². The summed E-state index contributed by atoms with van der Waals surface area (Å²) >= 11 is 0. The van der Waals surface area contributed by atoms with Gasteiger partial charge in [0.15, 0.2) is 0 Å². The van der Waals surface area contributed by atoms with Crippen LogP contribution in [0.3, 0.4) is 0 Å². The molecule has 0 radical (unpaired) electrons. The molecular weight excluding hydrogens is 388 g/mol. The summed E-state index contributed by atoms with van der Waals surface area (Å²) < 4.78 is 32.7. The fraction of sp³-hybridized carbons (Fsp3) is 0.682. The molecule has 0 aliphatic carbocycles. The van der Waals surface area contributed by atoms with Crippen molar-refractivity contribution in [2.45, 2.75) is 51.9 Å². The topological polar surface area (TPSA) is 66.9 Å². The Morgan fingerprint density at radius 3 is 2.41 bits per heavy atom. The van der Waals surface area contributed by atoms with Gasteiger partial charge in [-0.05, 0) is 55.2 Å². The molecule has 0 saturated carbocycles. The molecule has 2 saturated heterocycles. The third-order valence-corrected chi connectivity index (χ3v) is 8.18. The smallest absolute Gasteiger partial charge is 0.254 e. The van der Waals surface area contributed by atoms with Gasteiger partial charge in [0.1, 0.15) is 0 Å². The van der Waals surface area contributed by atoms with E-state index in [1.807, 2.05) is 11.8 Å². The molecule has 162 valence electrons. The molecule has 1 atom stereocenters. The van der Waals surface area contributed by atoms with E-state index in [0.717, 1.165) is 37.9 Å². The van der Waals surface area contributed by atoms with E-state index < -0.39 is 10.0 Å². The number of morpholine rings is 1. The summed E-state index contributed by atoms with van der Waals surface area (Å²) in [4.78, 5) is 15.4. The van der Waals surface area contributed by atoms with E-state index in [1.165, 1.54) is 4.31 Å². The number of sulfonamides is 1. The first-order valence-electron chi connectivity index (χ1n) is 10.6. The van der Waals surface area contributed by atoms with E-state index in [2.05, 4.69) is 20.8 Å². The number of carbonyl (C=O) groups excluding carboxylic acids is 1. The standard InChI is InChI=1S/C22H34N2O4S/c1-17-7-8-19(29(26,27)24-12-14-28-15-13-24)16-20(17)21(25)23-10-5-6-18(9-11-23)22(2,3)4/h7-8,16,18H,5-6,9-15H2,1-4H3. The monoisotopic (exact) mass is 422 g/mol. The second-order valence-corrected chi connectivity index (χ2v) is 11.2. The van der Waals surface area contributed by atoms with E-state index in [4.69, 9.17) is 4.74 Å². The average molecular weight is 423 g/mol. The highest BCUT2D eigenvalue weighted by Gasteiger charge is 2.31. The number of nitrogens with zero attached hydrogens (tertiary/aromatic N) is 2. The van der Waals surface area contributed by atoms with Crippen molar-refractivity contribution < 1.29 is 17.9 Å². The predicted molar refractivity (Wildman–Crippen MR) is 113 cm³/mol. The highest BCUT2D eigenvalue weighted by molar-refractivity contribution is 7.89. The molecular formula is C22H34N2O4S. The maximum Gasteiger partial charge on any atom is 0.254 e. The number of hydrogen-bond donors (Lipinski definition) is 0. The lowest BCUT2D eigenvalue weighted by molar-refractivity contribution is 0.0729. The Morgan fingerprint density at radius 2 is 1.76 bits per heavy atom. The fourth-order valence-electron chi connectivity index (χ4n) is 4.26. The van der Waals surface area contributed by atoms with Crippen LogP contribution in [0.5, 0.6) is 0 Å². The number of amides is 1. The van der Waals surface area contributed by atoms with Gasteiger partial charge in [-0.2, -0.15) is 4.31 Å². The van der Waals surface area contributed by atoms with Crippen molar-refractivity contribution in [3.63, 3.8) is 0 Å². The average Bonchev–Trinajstić information content (AvgIpc) is 2.95. The van der Waals surface area contributed by atoms with Crippen LogP contribution in [0.1, 0.15) is 56.0 Å². The summed E-state index contributed by atoms with van der Waals surface area (Å²) in [7, 11) is -3.62. The van der Waals surface area contributed by atoms with Gasteiger partial charge >= 0.3 is 0 Å². The van der Waals surface area contributed by atoms with Crippen molar-refractivity contribution in [3.05, 3.63) is 29.3 Å². The number of carbonyl (C=O) groups is 1. The van der Waals surface area contributed by atoms with Crippen LogP contribution >= 0.6 is 0 Å². The van der Waals surface area contributed by atoms with Crippen LogP contribution in [0.25, 0.3) is 0 Å². The molecule has 0 aromatic heterocycles. The van der Waals surface area contributed by atoms with Crippen molar-refractivity contribution in [1.82, 2.24) is 9.21 Å². The van der Waals surface area contributed by atoms with E-state index in [0.29, 0.717) is 37.8 Å². The molecule has 0 N–H and O–H groups in total. The Morgan fingerprint density at radius 1 is 1.07 bits per heavy atom. The molecule has 3 rings (SSSR count). The van der Waals surface area contributed by atoms with Crippen LogP contribution in [0.15, 0.2) is 23.1 Å². The molecule has 2 aliphatic heterocycles. The van der Waals surface area contributed by atoms with Gasteiger partial charge < -0.3 is 9.64 Å². The van der Waals surface area contributed by atoms with Gasteiger partial charge in [0, 0.05) is 31.7 Å². The fourth-order valence-corrected chi connectivity index (χ4v) is 5.70. The van der Waals surface area contributed by atoms with Crippen molar-refractivity contribution in [1.29, 1.82) is 0 Å². The summed E-state index contributed by atoms with van der Waals surface area (Å²) in [5.74, 6) is 0.533. The minimum absolute atomic E-state index is 0.0592. The molecule has 2 heterocycles. The molecule has 0 spiro atoms. The lowest BCUT2D eigenvalue weighted by Gasteiger charge is -2.30. The second kappa shape index (κ2) is 8.74. The zero-order valence-corrected chi connectivity index (χ0v) is 18.9. The van der Waals surface area contributed by atoms with E-state index in [1.54, 1.807) is 18.2 Å². The molecule has 1 aromatic rings. The number of ether oxygens (including phenoxy) is 1. The largest absolute Gasteiger partial charge is 0.379 e. The van der Waals surface area contributed by atoms with Crippen molar-refractivity contribution in [2.75, 3.05) is 39.4 Å². The lowest BCUT2D eigenvalue weighted by atomic mass is 9.77. The minimum atomic E-state index is -3.62. The first-order valence-corrected chi connectivity index (χ1v) is 12.0. The van der Waals surface area contributed by atoms with Crippen LogP contribution in [-0.4, -0.2) is 62.9 Å². The summed E-state index contributed by atoms with van der Waals surface area (Å²) in [6.45, 7) is 11.6. The van der Waals surface area contributed by atoms with E-state index in [9.17, 15) is 13.2 Å². The molecule has 1 amide bonds. The normalized spacial score (nSPS) is 22.3. The highest BCUT2D eigenvalue weighted by Crippen LogP contribution is 2.34. The van der Waals surface area contributed by atoms with Crippen LogP contribution < -0.4 is 0 Å². The first-order chi connectivity index (χ1) is 13.6. The number of hydrogen-bond acceptors (Lipinski definition) is 4. The Labute approximate surface area is 175 Å². The van der Waals surface area contributed by atoms with Gasteiger partial charge in [-0.15, -0.1) is 0 Å². The van der Waals surface area contributed by atoms with Crippen LogP contribution in [-0.2, 0) is 14.8 Å². The van der Waals surface area contributed by atoms with E-state index in [-0.39, 0.29) is 16.2 Å². The summed E-state index contributed by atoms with van der Waals surface area (Å²) in [6.07, 6.45) is 3.09. The van der Waals surface area contributed by atoms with Crippen LogP contribution in [0, 0.1) is 18.3 Å². The van der Waals surface area contributed by atoms with Crippen LogP contribution in [0.2, 0.25) is 0 Å². The Hall–Kier alpha value is -1.44. The Kier molecular flexibility index (Phi) is 6.70. The molecule has 6 nitrogen and oxygen atoms in total. The maximum absolute atomic E-state index is 13.3. The zero-order chi connectivity index (χ0) is 21.2. The van der Waals surface area contributed by atoms with Crippen molar-refractivity contribution in [3.8, 4) is 0 Å². The van der Waals surface area contributed by atoms with Crippen LogP contribution in [0.4, 0.5) is 0 Å². The minimum Gasteiger partial charge on any atom is -0.379 e. The highest BCUT2D eigenvalue weighted by atomic mass is 32.2. The summed E-state index contributed by atoms with van der Waals surface area (Å²) in [5.41, 5.74) is 1.54. The third-order valence-electron chi connectivity index (χ3n) is 6.29. The molecule has 2 aliphatic rings. The van der Waals surface area contributed by atoms with Crippen molar-refractivity contribution >= 4 is 15.9 Å². The molecule has 2 fully saturated rings. The molecule has 29 heavy (non-hydrogen) atoms. The predicted octanol–water partition coefficient (Wildman–Crippen LogP) is 3.30. The zero-order valence-electron chi connectivity index (χ0n) is 18.1. The summed E-state index contributed by atoms with van der Waals surface area (Å²) in [5, 5.41) is 0. The van der Waals surface area contributed by atoms with Gasteiger partial charge in [0.05, 0.1) is 18.1 Å². The maximum atomic E-state index is 13.3. The van der Waals surface area contributed by atoms with Crippen molar-refractivity contribution in [2.24, 2.45) is 11.3 Å². The first kappa shape index (κ1) is 22.2. The Balaban J connectivity index is 1.81. The van der Waals surface area contributed by atoms with Gasteiger partial charge in [0.2, 0.25) is 10.0 Å². The molecule has 0 bridgehead atoms.